The molecule has 2 heterocycles. The van der Waals surface area contributed by atoms with E-state index in [9.17, 15) is 13.6 Å². The molecule has 0 spiro atoms. The molecule has 9 heteroatoms. The molecule has 0 aromatic carbocycles. The molecule has 0 unspecified atom stereocenters. The molecular weight excluding hydrogens is 286 g/mol. The second-order valence-corrected chi connectivity index (χ2v) is 3.74. The average Bonchev–Trinajstić information content (AvgIpc) is 2.47. The maximum Gasteiger partial charge on any atom is 0.388 e. The number of pyridine rings is 1. The fourth-order valence-electron chi connectivity index (χ4n) is 1.50. The highest BCUT2D eigenvalue weighted by Gasteiger charge is 2.14. The summed E-state index contributed by atoms with van der Waals surface area (Å²) in [6, 6.07) is 2.65. The first-order valence-corrected chi connectivity index (χ1v) is 5.63. The first-order chi connectivity index (χ1) is 10.0. The Balaban J connectivity index is 2.34. The molecule has 0 saturated carbocycles. The number of aromatic nitrogens is 3. The highest BCUT2D eigenvalue weighted by molar-refractivity contribution is 5.88. The third-order valence-corrected chi connectivity index (χ3v) is 2.41. The van der Waals surface area contributed by atoms with Gasteiger partial charge in [0, 0.05) is 17.8 Å². The van der Waals surface area contributed by atoms with Gasteiger partial charge in [-0.15, -0.1) is 0 Å². The molecule has 0 bridgehead atoms. The number of anilines is 1. The number of methoxy groups -OCH3 is 1. The van der Waals surface area contributed by atoms with Gasteiger partial charge in [-0.25, -0.2) is 19.7 Å². The number of nitrogen functional groups attached to an aromatic ring is 1. The predicted molar refractivity (Wildman–Crippen MR) is 67.6 cm³/mol. The number of carbonyl (C=O) groups excluding carboxylic acids is 1. The zero-order chi connectivity index (χ0) is 15.4. The molecule has 2 rings (SSSR count). The summed E-state index contributed by atoms with van der Waals surface area (Å²) in [5.41, 5.74) is 6.23. The lowest BCUT2D eigenvalue weighted by atomic mass is 10.2. The number of esters is 1. The van der Waals surface area contributed by atoms with E-state index in [-0.39, 0.29) is 23.1 Å². The van der Waals surface area contributed by atoms with Crippen molar-refractivity contribution in [3.05, 3.63) is 30.2 Å². The molecule has 0 radical (unpaired) electrons. The van der Waals surface area contributed by atoms with E-state index < -0.39 is 12.6 Å². The van der Waals surface area contributed by atoms with Crippen molar-refractivity contribution < 1.29 is 23.0 Å². The Morgan fingerprint density at radius 2 is 2.05 bits per heavy atom. The Hall–Kier alpha value is -2.84. The maximum absolute atomic E-state index is 12.0. The second-order valence-electron chi connectivity index (χ2n) is 3.74. The highest BCUT2D eigenvalue weighted by Crippen LogP contribution is 2.23. The van der Waals surface area contributed by atoms with Gasteiger partial charge in [-0.1, -0.05) is 0 Å². The second kappa shape index (κ2) is 6.07. The normalized spacial score (nSPS) is 10.5. The van der Waals surface area contributed by atoms with Crippen LogP contribution in [0.2, 0.25) is 0 Å². The quantitative estimate of drug-likeness (QED) is 0.853. The number of alkyl halides is 2. The molecule has 2 aromatic heterocycles. The van der Waals surface area contributed by atoms with Crippen LogP contribution in [0.5, 0.6) is 5.88 Å². The van der Waals surface area contributed by atoms with Crippen molar-refractivity contribution in [3.63, 3.8) is 0 Å². The minimum Gasteiger partial charge on any atom is -0.464 e. The van der Waals surface area contributed by atoms with Crippen molar-refractivity contribution >= 4 is 11.8 Å². The van der Waals surface area contributed by atoms with E-state index in [4.69, 9.17) is 5.73 Å². The van der Waals surface area contributed by atoms with Crippen LogP contribution in [0.25, 0.3) is 11.3 Å². The van der Waals surface area contributed by atoms with Crippen LogP contribution in [0.15, 0.2) is 24.5 Å². The predicted octanol–water partition coefficient (Wildman–Crippen LogP) is 1.51. The minimum atomic E-state index is -2.96. The number of rotatable bonds is 4. The highest BCUT2D eigenvalue weighted by atomic mass is 19.3. The van der Waals surface area contributed by atoms with Crippen LogP contribution in [-0.2, 0) is 4.74 Å². The van der Waals surface area contributed by atoms with Gasteiger partial charge in [-0.3, -0.25) is 0 Å². The average molecular weight is 296 g/mol. The molecule has 110 valence electrons. The summed E-state index contributed by atoms with van der Waals surface area (Å²) >= 11 is 0. The Morgan fingerprint density at radius 3 is 2.62 bits per heavy atom. The Labute approximate surface area is 117 Å². The van der Waals surface area contributed by atoms with Gasteiger partial charge in [0.2, 0.25) is 5.88 Å². The fraction of sp³-hybridized carbons (Fsp3) is 0.167. The molecule has 21 heavy (non-hydrogen) atoms. The largest absolute Gasteiger partial charge is 0.464 e. The number of halogens is 2. The molecule has 2 N–H and O–H groups in total. The zero-order valence-corrected chi connectivity index (χ0v) is 10.8. The van der Waals surface area contributed by atoms with Crippen molar-refractivity contribution in [2.75, 3.05) is 12.8 Å². The van der Waals surface area contributed by atoms with Gasteiger partial charge in [0.15, 0.2) is 5.69 Å². The van der Waals surface area contributed by atoms with Crippen LogP contribution < -0.4 is 10.5 Å². The monoisotopic (exact) mass is 296 g/mol. The number of carbonyl (C=O) groups is 1. The molecule has 0 amide bonds. The van der Waals surface area contributed by atoms with Gasteiger partial charge < -0.3 is 15.2 Å². The SMILES string of the molecule is COC(=O)c1cnc(N)c(-c2ccc(OC(F)F)nc2)n1. The summed E-state index contributed by atoms with van der Waals surface area (Å²) in [5.74, 6) is -0.856. The van der Waals surface area contributed by atoms with E-state index in [1.807, 2.05) is 0 Å². The summed E-state index contributed by atoms with van der Waals surface area (Å²) in [4.78, 5) is 22.9. The Morgan fingerprint density at radius 1 is 1.29 bits per heavy atom. The van der Waals surface area contributed by atoms with Crippen LogP contribution >= 0.6 is 0 Å². The van der Waals surface area contributed by atoms with Crippen LogP contribution in [0.1, 0.15) is 10.5 Å². The number of hydrogen-bond acceptors (Lipinski definition) is 7. The Bertz CT molecular complexity index is 649. The minimum absolute atomic E-state index is 0.0328. The van der Waals surface area contributed by atoms with Crippen LogP contribution in [0.4, 0.5) is 14.6 Å². The van der Waals surface area contributed by atoms with E-state index in [0.717, 1.165) is 0 Å². The molecule has 0 aliphatic heterocycles. The summed E-state index contributed by atoms with van der Waals surface area (Å²) in [7, 11) is 1.21. The molecule has 0 fully saturated rings. The lowest BCUT2D eigenvalue weighted by Gasteiger charge is -2.07. The van der Waals surface area contributed by atoms with Gasteiger partial charge in [0.05, 0.1) is 13.3 Å². The van der Waals surface area contributed by atoms with Crippen molar-refractivity contribution in [2.45, 2.75) is 6.61 Å². The third-order valence-electron chi connectivity index (χ3n) is 2.41. The molecule has 7 nitrogen and oxygen atoms in total. The van der Waals surface area contributed by atoms with E-state index in [1.54, 1.807) is 0 Å². The molecule has 0 atom stereocenters. The Kier molecular flexibility index (Phi) is 4.21. The zero-order valence-electron chi connectivity index (χ0n) is 10.8. The van der Waals surface area contributed by atoms with Gasteiger partial charge in [-0.2, -0.15) is 8.78 Å². The van der Waals surface area contributed by atoms with Gasteiger partial charge in [-0.05, 0) is 6.07 Å². The lowest BCUT2D eigenvalue weighted by molar-refractivity contribution is -0.0528. The van der Waals surface area contributed by atoms with Crippen molar-refractivity contribution in [3.8, 4) is 17.1 Å². The number of nitrogens with two attached hydrogens (primary N) is 1. The lowest BCUT2D eigenvalue weighted by Crippen LogP contribution is -2.08. The van der Waals surface area contributed by atoms with Crippen molar-refractivity contribution in [1.29, 1.82) is 0 Å². The number of nitrogens with zero attached hydrogens (tertiary/aromatic N) is 3. The smallest absolute Gasteiger partial charge is 0.388 e. The van der Waals surface area contributed by atoms with Crippen molar-refractivity contribution in [1.82, 2.24) is 15.0 Å². The number of hydrogen-bond donors (Lipinski definition) is 1. The maximum atomic E-state index is 12.0. The van der Waals surface area contributed by atoms with E-state index in [2.05, 4.69) is 24.4 Å². The standard InChI is InChI=1S/C12H10F2N4O3/c1-20-11(19)7-5-17-10(15)9(18-7)6-2-3-8(16-4-6)21-12(13)14/h2-5,12H,1H3,(H2,15,17). The molecule has 0 aliphatic rings. The first kappa shape index (κ1) is 14.6. The van der Waals surface area contributed by atoms with Gasteiger partial charge in [0.25, 0.3) is 0 Å². The summed E-state index contributed by atoms with van der Waals surface area (Å²) in [5, 5.41) is 0. The van der Waals surface area contributed by atoms with Crippen molar-refractivity contribution in [2.24, 2.45) is 0 Å². The van der Waals surface area contributed by atoms with Crippen LogP contribution in [-0.4, -0.2) is 34.6 Å². The van der Waals surface area contributed by atoms with E-state index in [0.29, 0.717) is 5.56 Å². The molecular formula is C12H10F2N4O3. The first-order valence-electron chi connectivity index (χ1n) is 5.63. The molecule has 2 aromatic rings. The third kappa shape index (κ3) is 3.38. The van der Waals surface area contributed by atoms with Crippen LogP contribution in [0, 0.1) is 0 Å². The van der Waals surface area contributed by atoms with Gasteiger partial charge in [0.1, 0.15) is 11.5 Å². The summed E-state index contributed by atoms with van der Waals surface area (Å²) in [6.07, 6.45) is 2.41. The number of ether oxygens (including phenoxy) is 2. The molecule has 0 aliphatic carbocycles. The van der Waals surface area contributed by atoms with Crippen LogP contribution in [0.3, 0.4) is 0 Å². The topological polar surface area (TPSA) is 100 Å². The van der Waals surface area contributed by atoms with E-state index in [1.165, 1.54) is 31.6 Å². The van der Waals surface area contributed by atoms with Gasteiger partial charge >= 0.3 is 12.6 Å². The summed E-state index contributed by atoms with van der Waals surface area (Å²) in [6.45, 7) is -2.96. The fourth-order valence-corrected chi connectivity index (χ4v) is 1.50. The summed E-state index contributed by atoms with van der Waals surface area (Å²) < 4.78 is 32.7. The van der Waals surface area contributed by atoms with E-state index >= 15 is 0 Å². The molecule has 0 saturated heterocycles.